The van der Waals surface area contributed by atoms with Crippen molar-refractivity contribution >= 4 is 17.6 Å². The van der Waals surface area contributed by atoms with Crippen molar-refractivity contribution in [3.8, 4) is 17.2 Å². The molecule has 8 nitrogen and oxygen atoms in total. The van der Waals surface area contributed by atoms with E-state index in [1.54, 1.807) is 44.4 Å². The van der Waals surface area contributed by atoms with Gasteiger partial charge in [-0.15, -0.1) is 10.2 Å². The molecule has 0 bridgehead atoms. The molecule has 0 saturated heterocycles. The number of para-hydroxylation sites is 1. The van der Waals surface area contributed by atoms with Gasteiger partial charge in [-0.05, 0) is 37.3 Å². The minimum atomic E-state index is -0.483. The molecule has 0 saturated carbocycles. The van der Waals surface area contributed by atoms with Gasteiger partial charge >= 0.3 is 5.97 Å². The molecule has 3 rings (SSSR count). The highest BCUT2D eigenvalue weighted by molar-refractivity contribution is 6.01. The van der Waals surface area contributed by atoms with Gasteiger partial charge in [-0.3, -0.25) is 4.79 Å². The van der Waals surface area contributed by atoms with Crippen LogP contribution in [0.5, 0.6) is 5.75 Å². The maximum atomic E-state index is 12.3. The first-order chi connectivity index (χ1) is 14.1. The molecule has 0 radical (unpaired) electrons. The number of carbonyl (C=O) groups excluding carboxylic acids is 2. The molecule has 0 atom stereocenters. The average molecular weight is 395 g/mol. The van der Waals surface area contributed by atoms with Crippen LogP contribution in [0.4, 0.5) is 5.69 Å². The summed E-state index contributed by atoms with van der Waals surface area (Å²) in [5, 5.41) is 10.7. The number of ether oxygens (including phenoxy) is 2. The molecule has 0 aliphatic rings. The van der Waals surface area contributed by atoms with E-state index in [0.29, 0.717) is 28.8 Å². The molecule has 1 heterocycles. The van der Waals surface area contributed by atoms with Gasteiger partial charge in [-0.25, -0.2) is 4.79 Å². The number of carbonyl (C=O) groups is 2. The van der Waals surface area contributed by atoms with Crippen LogP contribution in [0.25, 0.3) is 11.5 Å². The van der Waals surface area contributed by atoms with Crippen LogP contribution in [0, 0.1) is 0 Å². The van der Waals surface area contributed by atoms with Crippen molar-refractivity contribution in [3.63, 3.8) is 0 Å². The van der Waals surface area contributed by atoms with Gasteiger partial charge in [0, 0.05) is 18.4 Å². The van der Waals surface area contributed by atoms with Gasteiger partial charge in [-0.2, -0.15) is 0 Å². The van der Waals surface area contributed by atoms with Gasteiger partial charge in [0.2, 0.25) is 17.7 Å². The minimum absolute atomic E-state index is 0.122. The van der Waals surface area contributed by atoms with E-state index in [1.165, 1.54) is 0 Å². The molecule has 0 fully saturated rings. The SMILES string of the molecule is CCOC(=O)c1ccccc1NC(=O)CCc1nnc(-c2cccc(OC)c2)o1. The minimum Gasteiger partial charge on any atom is -0.497 e. The van der Waals surface area contributed by atoms with Crippen molar-refractivity contribution in [2.75, 3.05) is 19.0 Å². The van der Waals surface area contributed by atoms with Crippen molar-refractivity contribution < 1.29 is 23.5 Å². The molecule has 1 aromatic heterocycles. The van der Waals surface area contributed by atoms with E-state index >= 15 is 0 Å². The summed E-state index contributed by atoms with van der Waals surface area (Å²) < 4.78 is 15.8. The Morgan fingerprint density at radius 2 is 1.93 bits per heavy atom. The number of amides is 1. The zero-order valence-electron chi connectivity index (χ0n) is 16.2. The Morgan fingerprint density at radius 1 is 1.10 bits per heavy atom. The van der Waals surface area contributed by atoms with Crippen molar-refractivity contribution in [3.05, 3.63) is 60.0 Å². The molecule has 3 aromatic rings. The average Bonchev–Trinajstić information content (AvgIpc) is 3.22. The first kappa shape index (κ1) is 20.1. The molecule has 0 unspecified atom stereocenters. The van der Waals surface area contributed by atoms with E-state index in [0.717, 1.165) is 5.56 Å². The fraction of sp³-hybridized carbons (Fsp3) is 0.238. The normalized spacial score (nSPS) is 10.4. The topological polar surface area (TPSA) is 104 Å². The summed E-state index contributed by atoms with van der Waals surface area (Å²) in [6, 6.07) is 14.0. The quantitative estimate of drug-likeness (QED) is 0.582. The number of benzene rings is 2. The predicted octanol–water partition coefficient (Wildman–Crippen LogP) is 3.49. The molecular formula is C21H21N3O5. The number of anilines is 1. The molecule has 29 heavy (non-hydrogen) atoms. The van der Waals surface area contributed by atoms with Gasteiger partial charge in [0.05, 0.1) is 25.0 Å². The highest BCUT2D eigenvalue weighted by atomic mass is 16.5. The van der Waals surface area contributed by atoms with Gasteiger partial charge < -0.3 is 19.2 Å². The number of rotatable bonds is 8. The number of hydrogen-bond acceptors (Lipinski definition) is 7. The number of hydrogen-bond donors (Lipinski definition) is 1. The van der Waals surface area contributed by atoms with Gasteiger partial charge in [0.15, 0.2) is 0 Å². The maximum Gasteiger partial charge on any atom is 0.340 e. The van der Waals surface area contributed by atoms with E-state index in [2.05, 4.69) is 15.5 Å². The van der Waals surface area contributed by atoms with Crippen molar-refractivity contribution in [2.24, 2.45) is 0 Å². The summed E-state index contributed by atoms with van der Waals surface area (Å²) >= 11 is 0. The lowest BCUT2D eigenvalue weighted by molar-refractivity contribution is -0.116. The molecule has 150 valence electrons. The van der Waals surface area contributed by atoms with E-state index in [1.807, 2.05) is 18.2 Å². The third kappa shape index (κ3) is 5.19. The Bertz CT molecular complexity index is 999. The van der Waals surface area contributed by atoms with Crippen LogP contribution in [0.2, 0.25) is 0 Å². The Morgan fingerprint density at radius 3 is 2.72 bits per heavy atom. The number of aromatic nitrogens is 2. The lowest BCUT2D eigenvalue weighted by atomic mass is 10.1. The number of nitrogens with one attached hydrogen (secondary N) is 1. The van der Waals surface area contributed by atoms with E-state index in [-0.39, 0.29) is 25.4 Å². The van der Waals surface area contributed by atoms with Crippen LogP contribution in [0.1, 0.15) is 29.6 Å². The molecule has 0 spiro atoms. The monoisotopic (exact) mass is 395 g/mol. The van der Waals surface area contributed by atoms with E-state index in [4.69, 9.17) is 13.9 Å². The summed E-state index contributed by atoms with van der Waals surface area (Å²) in [6.45, 7) is 1.98. The van der Waals surface area contributed by atoms with Gasteiger partial charge in [0.25, 0.3) is 0 Å². The number of aryl methyl sites for hydroxylation is 1. The summed E-state index contributed by atoms with van der Waals surface area (Å²) in [5.74, 6) is 0.622. The highest BCUT2D eigenvalue weighted by Crippen LogP contribution is 2.23. The van der Waals surface area contributed by atoms with Crippen LogP contribution in [0.3, 0.4) is 0 Å². The maximum absolute atomic E-state index is 12.3. The first-order valence-electron chi connectivity index (χ1n) is 9.13. The van der Waals surface area contributed by atoms with Crippen molar-refractivity contribution in [1.29, 1.82) is 0 Å². The third-order valence-electron chi connectivity index (χ3n) is 4.05. The third-order valence-corrected chi connectivity index (χ3v) is 4.05. The van der Waals surface area contributed by atoms with E-state index in [9.17, 15) is 9.59 Å². The number of methoxy groups -OCH3 is 1. The first-order valence-corrected chi connectivity index (χ1v) is 9.13. The molecule has 0 aliphatic heterocycles. The Labute approximate surface area is 167 Å². The Hall–Kier alpha value is -3.68. The van der Waals surface area contributed by atoms with Gasteiger partial charge in [0.1, 0.15) is 5.75 Å². The smallest absolute Gasteiger partial charge is 0.340 e. The molecule has 0 aliphatic carbocycles. The Balaban J connectivity index is 1.61. The zero-order chi connectivity index (χ0) is 20.6. The highest BCUT2D eigenvalue weighted by Gasteiger charge is 2.15. The van der Waals surface area contributed by atoms with Crippen molar-refractivity contribution in [2.45, 2.75) is 19.8 Å². The standard InChI is InChI=1S/C21H21N3O5/c1-3-28-21(26)16-9-4-5-10-17(16)22-18(25)11-12-19-23-24-20(29-19)14-7-6-8-15(13-14)27-2/h4-10,13H,3,11-12H2,1-2H3,(H,22,25). The second kappa shape index (κ2) is 9.50. The second-order valence-corrected chi connectivity index (χ2v) is 6.05. The second-order valence-electron chi connectivity index (χ2n) is 6.05. The molecule has 1 amide bonds. The van der Waals surface area contributed by atoms with Crippen molar-refractivity contribution in [1.82, 2.24) is 10.2 Å². The van der Waals surface area contributed by atoms with Crippen LogP contribution in [-0.2, 0) is 16.0 Å². The van der Waals surface area contributed by atoms with Crippen LogP contribution >= 0.6 is 0 Å². The molecule has 8 heteroatoms. The summed E-state index contributed by atoms with van der Waals surface area (Å²) in [4.78, 5) is 24.3. The zero-order valence-corrected chi connectivity index (χ0v) is 16.2. The largest absolute Gasteiger partial charge is 0.497 e. The molecular weight excluding hydrogens is 374 g/mol. The predicted molar refractivity (Wildman–Crippen MR) is 106 cm³/mol. The number of nitrogens with zero attached hydrogens (tertiary/aromatic N) is 2. The lowest BCUT2D eigenvalue weighted by Gasteiger charge is -2.09. The summed E-state index contributed by atoms with van der Waals surface area (Å²) in [6.07, 6.45) is 0.390. The fourth-order valence-electron chi connectivity index (χ4n) is 2.64. The Kier molecular flexibility index (Phi) is 6.57. The summed E-state index contributed by atoms with van der Waals surface area (Å²) in [7, 11) is 1.58. The lowest BCUT2D eigenvalue weighted by Crippen LogP contribution is -2.16. The van der Waals surface area contributed by atoms with Crippen LogP contribution in [0.15, 0.2) is 52.9 Å². The fourth-order valence-corrected chi connectivity index (χ4v) is 2.64. The number of esters is 1. The van der Waals surface area contributed by atoms with Crippen LogP contribution in [-0.4, -0.2) is 35.8 Å². The molecule has 1 N–H and O–H groups in total. The molecule has 2 aromatic carbocycles. The van der Waals surface area contributed by atoms with Crippen LogP contribution < -0.4 is 10.1 Å². The van der Waals surface area contributed by atoms with Gasteiger partial charge in [-0.1, -0.05) is 18.2 Å². The summed E-state index contributed by atoms with van der Waals surface area (Å²) in [5.41, 5.74) is 1.44. The van der Waals surface area contributed by atoms with E-state index < -0.39 is 5.97 Å².